The zero-order valence-corrected chi connectivity index (χ0v) is 19.8. The van der Waals surface area contributed by atoms with Crippen molar-refractivity contribution < 1.29 is 19.1 Å². The van der Waals surface area contributed by atoms with E-state index >= 15 is 0 Å². The van der Waals surface area contributed by atoms with E-state index in [1.165, 1.54) is 0 Å². The third kappa shape index (κ3) is 7.11. The van der Waals surface area contributed by atoms with E-state index in [1.807, 2.05) is 6.92 Å². The molecule has 0 aliphatic carbocycles. The van der Waals surface area contributed by atoms with Crippen molar-refractivity contribution in [1.29, 1.82) is 0 Å². The molecule has 2 aliphatic rings. The number of unbranched alkanes of at least 4 members (excludes halogenated alkanes) is 1. The number of methoxy groups -OCH3 is 1. The Labute approximate surface area is 183 Å². The quantitative estimate of drug-likeness (QED) is 0.567. The van der Waals surface area contributed by atoms with Gasteiger partial charge >= 0.3 is 5.97 Å². The molecule has 1 saturated heterocycles. The monoisotopic (exact) mass is 421 g/mol. The summed E-state index contributed by atoms with van der Waals surface area (Å²) in [6.45, 7) is 9.06. The summed E-state index contributed by atoms with van der Waals surface area (Å²) < 4.78 is 11.8. The van der Waals surface area contributed by atoms with Gasteiger partial charge in [-0.1, -0.05) is 39.7 Å². The van der Waals surface area contributed by atoms with Crippen molar-refractivity contribution >= 4 is 11.9 Å². The van der Waals surface area contributed by atoms with Gasteiger partial charge in [-0.25, -0.2) is 4.79 Å². The molecule has 2 heterocycles. The topological polar surface area (TPSA) is 55.8 Å². The summed E-state index contributed by atoms with van der Waals surface area (Å²) >= 11 is 0. The second-order valence-corrected chi connectivity index (χ2v) is 9.44. The first-order chi connectivity index (χ1) is 14.4. The predicted molar refractivity (Wildman–Crippen MR) is 120 cm³/mol. The van der Waals surface area contributed by atoms with Crippen molar-refractivity contribution in [3.63, 3.8) is 0 Å². The maximum absolute atomic E-state index is 13.1. The van der Waals surface area contributed by atoms with Crippen LogP contribution >= 0.6 is 0 Å². The fourth-order valence-electron chi connectivity index (χ4n) is 4.84. The Morgan fingerprint density at radius 2 is 1.93 bits per heavy atom. The molecule has 0 aromatic carbocycles. The summed E-state index contributed by atoms with van der Waals surface area (Å²) in [5.41, 5.74) is 0.735. The van der Waals surface area contributed by atoms with Crippen LogP contribution in [0.2, 0.25) is 0 Å². The molecule has 172 valence electrons. The van der Waals surface area contributed by atoms with Crippen molar-refractivity contribution in [1.82, 2.24) is 4.90 Å². The summed E-state index contributed by atoms with van der Waals surface area (Å²) in [4.78, 5) is 27.9. The molecule has 2 rings (SSSR count). The van der Waals surface area contributed by atoms with E-state index in [4.69, 9.17) is 9.47 Å². The van der Waals surface area contributed by atoms with Gasteiger partial charge in [-0.05, 0) is 70.1 Å². The maximum atomic E-state index is 13.1. The molecule has 0 aromatic rings. The van der Waals surface area contributed by atoms with E-state index in [-0.39, 0.29) is 24.1 Å². The van der Waals surface area contributed by atoms with Crippen LogP contribution in [0.3, 0.4) is 0 Å². The summed E-state index contributed by atoms with van der Waals surface area (Å²) in [6.07, 6.45) is 11.9. The molecule has 0 N–H and O–H groups in total. The van der Waals surface area contributed by atoms with E-state index < -0.39 is 6.04 Å². The summed E-state index contributed by atoms with van der Waals surface area (Å²) in [5, 5.41) is 0. The van der Waals surface area contributed by atoms with Crippen LogP contribution in [0.4, 0.5) is 0 Å². The number of allylic oxidation sites excluding steroid dienone is 1. The molecular formula is C25H43NO4. The number of hydrogen-bond acceptors (Lipinski definition) is 4. The lowest BCUT2D eigenvalue weighted by atomic mass is 9.92. The Morgan fingerprint density at radius 3 is 2.63 bits per heavy atom. The highest BCUT2D eigenvalue weighted by atomic mass is 16.5. The number of esters is 1. The minimum absolute atomic E-state index is 0.0185. The molecule has 0 saturated carbocycles. The minimum Gasteiger partial charge on any atom is -0.461 e. The van der Waals surface area contributed by atoms with Gasteiger partial charge in [-0.3, -0.25) is 4.79 Å². The lowest BCUT2D eigenvalue weighted by Crippen LogP contribution is -2.43. The molecule has 30 heavy (non-hydrogen) atoms. The number of fused-ring (bicyclic) bond motifs is 1. The average molecular weight is 422 g/mol. The SMILES string of the molecule is CCCCC(C)C1CCCC(OC)CCC(C)/C=C(\C)C(=O)N2CCC[C@H]2C(=O)O1. The third-order valence-corrected chi connectivity index (χ3v) is 6.86. The molecule has 5 nitrogen and oxygen atoms in total. The van der Waals surface area contributed by atoms with Crippen LogP contribution in [-0.4, -0.2) is 48.7 Å². The largest absolute Gasteiger partial charge is 0.461 e. The van der Waals surface area contributed by atoms with E-state index in [0.29, 0.717) is 24.8 Å². The Hall–Kier alpha value is -1.36. The van der Waals surface area contributed by atoms with Gasteiger partial charge in [0.15, 0.2) is 0 Å². The Kier molecular flexibility index (Phi) is 10.4. The lowest BCUT2D eigenvalue weighted by molar-refractivity contribution is -0.160. The standard InChI is InChI=1S/C25H43NO4/c1-6-7-10-19(3)23-13-8-11-21(29-5)15-14-18(2)17-20(4)24(27)26-16-9-12-22(26)25(28)30-23/h17-19,21-23H,6-16H2,1-5H3/b20-17+/t18?,19?,21?,22-,23?/m0/s1. The molecule has 0 radical (unpaired) electrons. The second-order valence-electron chi connectivity index (χ2n) is 9.44. The van der Waals surface area contributed by atoms with E-state index in [1.54, 1.807) is 12.0 Å². The summed E-state index contributed by atoms with van der Waals surface area (Å²) in [6, 6.07) is -0.436. The van der Waals surface area contributed by atoms with Crippen LogP contribution in [0, 0.1) is 11.8 Å². The van der Waals surface area contributed by atoms with Crippen LogP contribution in [-0.2, 0) is 19.1 Å². The summed E-state index contributed by atoms with van der Waals surface area (Å²) in [7, 11) is 1.78. The van der Waals surface area contributed by atoms with Crippen molar-refractivity contribution in [2.45, 2.75) is 110 Å². The number of amides is 1. The molecular weight excluding hydrogens is 378 g/mol. The average Bonchev–Trinajstić information content (AvgIpc) is 3.22. The van der Waals surface area contributed by atoms with Gasteiger partial charge in [0.2, 0.25) is 5.91 Å². The third-order valence-electron chi connectivity index (χ3n) is 6.86. The molecule has 0 aromatic heterocycles. The normalized spacial score (nSPS) is 32.4. The zero-order valence-electron chi connectivity index (χ0n) is 19.8. The first-order valence-corrected chi connectivity index (χ1v) is 12.1. The molecule has 5 atom stereocenters. The molecule has 0 bridgehead atoms. The fraction of sp³-hybridized carbons (Fsp3) is 0.840. The van der Waals surface area contributed by atoms with Gasteiger partial charge in [0.25, 0.3) is 0 Å². The molecule has 1 amide bonds. The van der Waals surface area contributed by atoms with Crippen LogP contribution < -0.4 is 0 Å². The number of hydrogen-bond donors (Lipinski definition) is 0. The number of nitrogens with zero attached hydrogens (tertiary/aromatic N) is 1. The smallest absolute Gasteiger partial charge is 0.329 e. The van der Waals surface area contributed by atoms with Gasteiger partial charge in [-0.2, -0.15) is 0 Å². The Morgan fingerprint density at radius 1 is 1.17 bits per heavy atom. The van der Waals surface area contributed by atoms with Crippen molar-refractivity contribution in [2.24, 2.45) is 11.8 Å². The molecule has 1 fully saturated rings. The van der Waals surface area contributed by atoms with Gasteiger partial charge in [-0.15, -0.1) is 0 Å². The van der Waals surface area contributed by atoms with Crippen LogP contribution in [0.5, 0.6) is 0 Å². The second kappa shape index (κ2) is 12.5. The predicted octanol–water partition coefficient (Wildman–Crippen LogP) is 5.28. The highest BCUT2D eigenvalue weighted by Gasteiger charge is 2.37. The highest BCUT2D eigenvalue weighted by molar-refractivity contribution is 5.96. The van der Waals surface area contributed by atoms with E-state index in [2.05, 4.69) is 26.8 Å². The molecule has 5 heteroatoms. The fourth-order valence-corrected chi connectivity index (χ4v) is 4.84. The number of cyclic esters (lactones) is 1. The number of rotatable bonds is 5. The van der Waals surface area contributed by atoms with Crippen LogP contribution in [0.25, 0.3) is 0 Å². The van der Waals surface area contributed by atoms with E-state index in [0.717, 1.165) is 63.4 Å². The van der Waals surface area contributed by atoms with Gasteiger partial charge in [0.05, 0.1) is 6.10 Å². The number of carbonyl (C=O) groups excluding carboxylic acids is 2. The maximum Gasteiger partial charge on any atom is 0.329 e. The first-order valence-electron chi connectivity index (χ1n) is 12.1. The van der Waals surface area contributed by atoms with Gasteiger partial charge < -0.3 is 14.4 Å². The van der Waals surface area contributed by atoms with Gasteiger partial charge in [0.1, 0.15) is 12.1 Å². The Balaban J connectivity index is 2.22. The van der Waals surface area contributed by atoms with Crippen LogP contribution in [0.1, 0.15) is 91.9 Å². The van der Waals surface area contributed by atoms with Gasteiger partial charge in [0, 0.05) is 19.2 Å². The highest BCUT2D eigenvalue weighted by Crippen LogP contribution is 2.27. The van der Waals surface area contributed by atoms with E-state index in [9.17, 15) is 9.59 Å². The Bertz CT molecular complexity index is 588. The summed E-state index contributed by atoms with van der Waals surface area (Å²) in [5.74, 6) is 0.410. The molecule has 4 unspecified atom stereocenters. The van der Waals surface area contributed by atoms with Crippen molar-refractivity contribution in [3.05, 3.63) is 11.6 Å². The first kappa shape index (κ1) is 24.9. The zero-order chi connectivity index (χ0) is 22.1. The van der Waals surface area contributed by atoms with Crippen molar-refractivity contribution in [2.75, 3.05) is 13.7 Å². The van der Waals surface area contributed by atoms with Crippen molar-refractivity contribution in [3.8, 4) is 0 Å². The minimum atomic E-state index is -0.436. The lowest BCUT2D eigenvalue weighted by Gasteiger charge is -2.29. The number of ether oxygens (including phenoxy) is 2. The molecule has 2 aliphatic heterocycles. The van der Waals surface area contributed by atoms with Crippen LogP contribution in [0.15, 0.2) is 11.6 Å². The molecule has 0 spiro atoms. The number of carbonyl (C=O) groups is 2.